The van der Waals surface area contributed by atoms with Crippen LogP contribution in [-0.4, -0.2) is 47.2 Å². The van der Waals surface area contributed by atoms with E-state index in [9.17, 15) is 14.1 Å². The summed E-state index contributed by atoms with van der Waals surface area (Å²) in [5.74, 6) is 1.37. The summed E-state index contributed by atoms with van der Waals surface area (Å²) in [5, 5.41) is 20.6. The first-order chi connectivity index (χ1) is 22.2. The van der Waals surface area contributed by atoms with Crippen molar-refractivity contribution in [2.45, 2.75) is 115 Å². The van der Waals surface area contributed by atoms with Crippen molar-refractivity contribution in [3.8, 4) is 17.2 Å². The predicted octanol–water partition coefficient (Wildman–Crippen LogP) is 7.63. The molecule has 250 valence electrons. The van der Waals surface area contributed by atoms with Gasteiger partial charge in [0.15, 0.2) is 17.6 Å². The van der Waals surface area contributed by atoms with Crippen molar-refractivity contribution in [1.82, 2.24) is 25.1 Å². The minimum atomic E-state index is -1.74. The van der Waals surface area contributed by atoms with Crippen molar-refractivity contribution < 1.29 is 23.0 Å². The van der Waals surface area contributed by atoms with Crippen molar-refractivity contribution in [3.63, 3.8) is 0 Å². The Morgan fingerprint density at radius 3 is 2.22 bits per heavy atom. The number of hydrogen-bond acceptors (Lipinski definition) is 7. The van der Waals surface area contributed by atoms with Crippen LogP contribution in [0.25, 0.3) is 5.65 Å². The van der Waals surface area contributed by atoms with Gasteiger partial charge in [-0.2, -0.15) is 4.63 Å². The van der Waals surface area contributed by atoms with E-state index >= 15 is 0 Å². The van der Waals surface area contributed by atoms with E-state index in [4.69, 9.17) is 20.5 Å². The van der Waals surface area contributed by atoms with Crippen molar-refractivity contribution in [2.75, 3.05) is 0 Å². The lowest BCUT2D eigenvalue weighted by atomic mass is 10.0. The molecule has 0 aliphatic heterocycles. The first-order valence-electron chi connectivity index (χ1n) is 16.3. The average Bonchev–Trinajstić information content (AvgIpc) is 3.54. The van der Waals surface area contributed by atoms with Gasteiger partial charge in [-0.25, -0.2) is 9.19 Å². The molecule has 46 heavy (non-hydrogen) atoms. The van der Waals surface area contributed by atoms with Gasteiger partial charge in [0.05, 0.1) is 10.6 Å². The average molecular weight is 672 g/mol. The van der Waals surface area contributed by atoms with Crippen LogP contribution in [0.5, 0.6) is 17.2 Å². The van der Waals surface area contributed by atoms with Crippen molar-refractivity contribution >= 4 is 34.2 Å². The largest absolute Gasteiger partial charge is 0.508 e. The summed E-state index contributed by atoms with van der Waals surface area (Å²) < 4.78 is 25.9. The fourth-order valence-corrected chi connectivity index (χ4v) is 6.09. The topological polar surface area (TPSA) is 131 Å². The Labute approximate surface area is 278 Å². The Hall–Kier alpha value is -3.57. The lowest BCUT2D eigenvalue weighted by molar-refractivity contribution is -0.129. The van der Waals surface area contributed by atoms with E-state index in [2.05, 4.69) is 27.4 Å². The molecule has 4 aromatic rings. The van der Waals surface area contributed by atoms with Gasteiger partial charge in [0.2, 0.25) is 11.1 Å². The molecule has 3 unspecified atom stereocenters. The molecular weight excluding hydrogens is 626 g/mol. The fourth-order valence-electron chi connectivity index (χ4n) is 5.19. The molecular formula is C34H46ClN5O5S. The minimum Gasteiger partial charge on any atom is -0.508 e. The van der Waals surface area contributed by atoms with Crippen LogP contribution in [0, 0.1) is 6.92 Å². The second-order valence-electron chi connectivity index (χ2n) is 11.8. The maximum atomic E-state index is 13.5. The number of unbranched alkanes of at least 4 members (excludes halogenated alkanes) is 9. The third kappa shape index (κ3) is 10.8. The van der Waals surface area contributed by atoms with Crippen LogP contribution in [-0.2, 0) is 22.3 Å². The number of aromatic nitrogens is 4. The molecule has 0 aliphatic carbocycles. The number of benzene rings is 2. The zero-order chi connectivity index (χ0) is 32.9. The Balaban J connectivity index is 1.32. The minimum absolute atomic E-state index is 0.0874. The van der Waals surface area contributed by atoms with Crippen LogP contribution in [0.15, 0.2) is 53.4 Å². The van der Waals surface area contributed by atoms with Gasteiger partial charge in [0.1, 0.15) is 22.3 Å². The van der Waals surface area contributed by atoms with E-state index in [0.29, 0.717) is 45.7 Å². The van der Waals surface area contributed by atoms with Gasteiger partial charge in [0, 0.05) is 12.5 Å². The highest BCUT2D eigenvalue weighted by Gasteiger charge is 2.23. The molecule has 0 aliphatic rings. The van der Waals surface area contributed by atoms with Gasteiger partial charge in [-0.05, 0) is 75.2 Å². The number of H-pyrrole nitrogens is 1. The van der Waals surface area contributed by atoms with Crippen molar-refractivity contribution in [2.24, 2.45) is 0 Å². The number of halogens is 1. The Kier molecular flexibility index (Phi) is 13.8. The smallest absolute Gasteiger partial charge is 0.261 e. The monoisotopic (exact) mass is 671 g/mol. The number of aromatic hydroxyl groups is 1. The van der Waals surface area contributed by atoms with E-state index in [-0.39, 0.29) is 17.7 Å². The highest BCUT2D eigenvalue weighted by Crippen LogP contribution is 2.24. The summed E-state index contributed by atoms with van der Waals surface area (Å²) in [7, 11) is 0. The van der Waals surface area contributed by atoms with Gasteiger partial charge >= 0.3 is 0 Å². The first-order valence-corrected chi connectivity index (χ1v) is 17.7. The Bertz CT molecular complexity index is 1540. The summed E-state index contributed by atoms with van der Waals surface area (Å²) in [6, 6.07) is 12.5. The molecule has 0 spiro atoms. The number of ether oxygens (including phenoxy) is 1. The fraction of sp³-hybridized carbons (Fsp3) is 0.500. The van der Waals surface area contributed by atoms with Gasteiger partial charge in [-0.1, -0.05) is 76.3 Å². The van der Waals surface area contributed by atoms with Gasteiger partial charge in [-0.15, -0.1) is 5.10 Å². The lowest BCUT2D eigenvalue weighted by Crippen LogP contribution is -2.43. The molecule has 0 fully saturated rings. The van der Waals surface area contributed by atoms with E-state index in [1.54, 1.807) is 41.0 Å². The number of phenolic OH excluding ortho intramolecular Hbond substituents is 1. The summed E-state index contributed by atoms with van der Waals surface area (Å²) >= 11 is 4.56. The van der Waals surface area contributed by atoms with Gasteiger partial charge in [0.25, 0.3) is 5.91 Å². The van der Waals surface area contributed by atoms with Crippen LogP contribution in [0.1, 0.15) is 96.0 Å². The standard InChI is InChI=1S/C34H46ClN5O5S/c1-4-5-6-7-8-9-10-11-12-13-14-30(34(42)36-24(2)23-31-37-33-32(35)25(3)38-40(33)39-31)44-27-17-19-28(20-18-27)45-46(43)29-21-15-26(41)16-22-29/h15-22,24,30,38,41H,4-14,23H2,1-3H3,(H,36,42). The number of phenols is 1. The second kappa shape index (κ2) is 17.9. The van der Waals surface area contributed by atoms with Crippen LogP contribution >= 0.6 is 11.6 Å². The van der Waals surface area contributed by atoms with Crippen LogP contribution < -0.4 is 14.2 Å². The third-order valence-electron chi connectivity index (χ3n) is 7.74. The normalized spacial score (nSPS) is 13.4. The molecule has 0 bridgehead atoms. The molecule has 4 rings (SSSR count). The number of fused-ring (bicyclic) bond motifs is 1. The molecule has 3 N–H and O–H groups in total. The summed E-state index contributed by atoms with van der Waals surface area (Å²) in [6.07, 6.45) is 12.4. The van der Waals surface area contributed by atoms with Crippen LogP contribution in [0.3, 0.4) is 0 Å². The molecule has 0 radical (unpaired) electrons. The van der Waals surface area contributed by atoms with E-state index in [1.165, 1.54) is 57.1 Å². The maximum absolute atomic E-state index is 13.5. The van der Waals surface area contributed by atoms with Gasteiger partial charge in [-0.3, -0.25) is 9.89 Å². The molecule has 10 nitrogen and oxygen atoms in total. The van der Waals surface area contributed by atoms with E-state index < -0.39 is 17.2 Å². The maximum Gasteiger partial charge on any atom is 0.261 e. The first kappa shape index (κ1) is 35.3. The summed E-state index contributed by atoms with van der Waals surface area (Å²) in [5.41, 5.74) is 1.36. The summed E-state index contributed by atoms with van der Waals surface area (Å²) in [4.78, 5) is 18.4. The number of aryl methyl sites for hydroxylation is 1. The zero-order valence-electron chi connectivity index (χ0n) is 27.0. The number of hydrogen-bond donors (Lipinski definition) is 3. The van der Waals surface area contributed by atoms with E-state index in [0.717, 1.165) is 25.0 Å². The quantitative estimate of drug-likeness (QED) is 0.0823. The highest BCUT2D eigenvalue weighted by molar-refractivity contribution is 7.80. The number of aromatic amines is 1. The number of amides is 1. The number of rotatable bonds is 20. The molecule has 12 heteroatoms. The Morgan fingerprint density at radius 2 is 1.59 bits per heavy atom. The second-order valence-corrected chi connectivity index (χ2v) is 13.3. The number of carbonyl (C=O) groups excluding carboxylic acids is 1. The number of carbonyl (C=O) groups is 1. The molecule has 0 saturated carbocycles. The summed E-state index contributed by atoms with van der Waals surface area (Å²) in [6.45, 7) is 6.01. The molecule has 3 atom stereocenters. The molecule has 0 saturated heterocycles. The number of nitrogens with one attached hydrogen (secondary N) is 2. The van der Waals surface area contributed by atoms with Gasteiger partial charge < -0.3 is 19.3 Å². The Morgan fingerprint density at radius 1 is 0.978 bits per heavy atom. The molecule has 2 aromatic heterocycles. The van der Waals surface area contributed by atoms with Crippen molar-refractivity contribution in [1.29, 1.82) is 0 Å². The molecule has 2 heterocycles. The molecule has 1 amide bonds. The van der Waals surface area contributed by atoms with E-state index in [1.807, 2.05) is 13.8 Å². The third-order valence-corrected chi connectivity index (χ3v) is 9.20. The van der Waals surface area contributed by atoms with Crippen molar-refractivity contribution in [3.05, 3.63) is 65.1 Å². The SMILES string of the molecule is CCCCCCCCCCCCC(Oc1ccc(OS(=O)c2ccc(O)cc2)cc1)C(=O)NC(C)Cc1nc2c(Cl)c(C)[nH]n2n1. The number of nitrogens with zero attached hydrogens (tertiary/aromatic N) is 3. The highest BCUT2D eigenvalue weighted by atomic mass is 35.5. The van der Waals surface area contributed by atoms with Crippen LogP contribution in [0.2, 0.25) is 5.02 Å². The lowest BCUT2D eigenvalue weighted by Gasteiger charge is -2.21. The zero-order valence-corrected chi connectivity index (χ0v) is 28.5. The molecule has 2 aromatic carbocycles. The van der Waals surface area contributed by atoms with Crippen LogP contribution in [0.4, 0.5) is 0 Å². The predicted molar refractivity (Wildman–Crippen MR) is 181 cm³/mol.